The number of aliphatic hydroxyl groups excluding tert-OH is 2. The third-order valence-corrected chi connectivity index (χ3v) is 6.06. The highest BCUT2D eigenvalue weighted by Crippen LogP contribution is 2.23. The Kier molecular flexibility index (Phi) is 10.8. The van der Waals surface area contributed by atoms with Crippen LogP contribution in [-0.2, 0) is 11.2 Å². The number of nitrogens with zero attached hydrogens (tertiary/aromatic N) is 1. The molecule has 0 spiro atoms. The smallest absolute Gasteiger partial charge is 0.123 e. The van der Waals surface area contributed by atoms with Crippen molar-refractivity contribution < 1.29 is 28.5 Å². The van der Waals surface area contributed by atoms with Gasteiger partial charge in [-0.25, -0.2) is 8.78 Å². The van der Waals surface area contributed by atoms with Crippen molar-refractivity contribution in [3.63, 3.8) is 0 Å². The second kappa shape index (κ2) is 14.0. The van der Waals surface area contributed by atoms with Crippen LogP contribution in [0.15, 0.2) is 72.8 Å². The standard InChI is InChI=1S/C29H35F2NO4/c1-3-35-14-15-36-27-12-10-22(11-13-27)16-21(2)32(19-28(33)23-6-4-8-25(30)17-23)20-29(34)24-7-5-9-26(31)18-24/h4-13,17-18,21,28-29,33-34H,3,14-16,19-20H2,1-2H3/t21-,28+,29+/m1/s1. The largest absolute Gasteiger partial charge is 0.491 e. The zero-order chi connectivity index (χ0) is 25.9. The van der Waals surface area contributed by atoms with Gasteiger partial charge in [-0.1, -0.05) is 36.4 Å². The molecule has 5 nitrogen and oxygen atoms in total. The van der Waals surface area contributed by atoms with Gasteiger partial charge in [0.25, 0.3) is 0 Å². The van der Waals surface area contributed by atoms with E-state index in [9.17, 15) is 19.0 Å². The molecule has 36 heavy (non-hydrogen) atoms. The van der Waals surface area contributed by atoms with E-state index in [4.69, 9.17) is 9.47 Å². The van der Waals surface area contributed by atoms with Crippen LogP contribution in [0.25, 0.3) is 0 Å². The van der Waals surface area contributed by atoms with E-state index in [0.29, 0.717) is 37.4 Å². The Balaban J connectivity index is 1.70. The van der Waals surface area contributed by atoms with Crippen LogP contribution >= 0.6 is 0 Å². The molecule has 3 aromatic rings. The zero-order valence-corrected chi connectivity index (χ0v) is 20.8. The Bertz CT molecular complexity index is 1010. The molecule has 0 heterocycles. The third kappa shape index (κ3) is 8.68. The summed E-state index contributed by atoms with van der Waals surface area (Å²) >= 11 is 0. The lowest BCUT2D eigenvalue weighted by atomic mass is 10.0. The van der Waals surface area contributed by atoms with Crippen molar-refractivity contribution in [1.29, 1.82) is 0 Å². The number of rotatable bonds is 14. The number of hydrogen-bond donors (Lipinski definition) is 2. The van der Waals surface area contributed by atoms with Crippen molar-refractivity contribution >= 4 is 0 Å². The van der Waals surface area contributed by atoms with Gasteiger partial charge >= 0.3 is 0 Å². The van der Waals surface area contributed by atoms with Crippen LogP contribution < -0.4 is 4.74 Å². The summed E-state index contributed by atoms with van der Waals surface area (Å²) in [7, 11) is 0. The lowest BCUT2D eigenvalue weighted by Gasteiger charge is -2.33. The topological polar surface area (TPSA) is 62.2 Å². The first-order valence-corrected chi connectivity index (χ1v) is 12.3. The van der Waals surface area contributed by atoms with Gasteiger partial charge in [0.15, 0.2) is 0 Å². The fraction of sp³-hybridized carbons (Fsp3) is 0.379. The maximum absolute atomic E-state index is 13.7. The van der Waals surface area contributed by atoms with Crippen LogP contribution in [-0.4, -0.2) is 54.1 Å². The highest BCUT2D eigenvalue weighted by molar-refractivity contribution is 5.28. The monoisotopic (exact) mass is 499 g/mol. The Morgan fingerprint density at radius 1 is 0.806 bits per heavy atom. The van der Waals surface area contributed by atoms with Gasteiger partial charge in [-0.3, -0.25) is 4.90 Å². The van der Waals surface area contributed by atoms with Crippen LogP contribution in [0.4, 0.5) is 8.78 Å². The molecular formula is C29H35F2NO4. The average Bonchev–Trinajstić information content (AvgIpc) is 2.87. The number of hydrogen-bond acceptors (Lipinski definition) is 5. The first kappa shape index (κ1) is 27.7. The highest BCUT2D eigenvalue weighted by atomic mass is 19.1. The van der Waals surface area contributed by atoms with Gasteiger partial charge in [0.1, 0.15) is 24.0 Å². The quantitative estimate of drug-likeness (QED) is 0.303. The summed E-state index contributed by atoms with van der Waals surface area (Å²) in [6.45, 7) is 5.96. The molecule has 0 aliphatic heterocycles. The molecule has 3 aromatic carbocycles. The van der Waals surface area contributed by atoms with E-state index >= 15 is 0 Å². The minimum absolute atomic E-state index is 0.0823. The third-order valence-electron chi connectivity index (χ3n) is 6.06. The average molecular weight is 500 g/mol. The summed E-state index contributed by atoms with van der Waals surface area (Å²) in [5, 5.41) is 21.7. The Labute approximate surface area is 211 Å². The lowest BCUT2D eigenvalue weighted by molar-refractivity contribution is 0.0478. The molecule has 0 saturated carbocycles. The first-order valence-electron chi connectivity index (χ1n) is 12.3. The molecule has 194 valence electrons. The van der Waals surface area contributed by atoms with Gasteiger partial charge in [0.2, 0.25) is 0 Å². The molecule has 0 aromatic heterocycles. The van der Waals surface area contributed by atoms with E-state index in [1.54, 1.807) is 24.3 Å². The highest BCUT2D eigenvalue weighted by Gasteiger charge is 2.23. The molecule has 7 heteroatoms. The fourth-order valence-corrected chi connectivity index (χ4v) is 4.07. The van der Waals surface area contributed by atoms with Crippen LogP contribution in [0.5, 0.6) is 5.75 Å². The van der Waals surface area contributed by atoms with E-state index in [1.165, 1.54) is 24.3 Å². The SMILES string of the molecule is CCOCCOc1ccc(C[C@@H](C)N(C[C@H](O)c2cccc(F)c2)C[C@H](O)c2cccc(F)c2)cc1. The molecule has 0 radical (unpaired) electrons. The summed E-state index contributed by atoms with van der Waals surface area (Å²) in [5.41, 5.74) is 1.98. The molecule has 0 saturated heterocycles. The van der Waals surface area contributed by atoms with Crippen molar-refractivity contribution in [2.45, 2.75) is 38.5 Å². The Morgan fingerprint density at radius 2 is 1.36 bits per heavy atom. The predicted octanol–water partition coefficient (Wildman–Crippen LogP) is 5.08. The van der Waals surface area contributed by atoms with E-state index in [-0.39, 0.29) is 19.1 Å². The number of benzene rings is 3. The van der Waals surface area contributed by atoms with Gasteiger partial charge in [0.05, 0.1) is 18.8 Å². The van der Waals surface area contributed by atoms with Gasteiger partial charge in [-0.15, -0.1) is 0 Å². The van der Waals surface area contributed by atoms with Crippen LogP contribution in [0.2, 0.25) is 0 Å². The summed E-state index contributed by atoms with van der Waals surface area (Å²) in [6, 6.07) is 19.4. The summed E-state index contributed by atoms with van der Waals surface area (Å²) in [5.74, 6) is -0.0879. The second-order valence-corrected chi connectivity index (χ2v) is 8.84. The minimum atomic E-state index is -0.955. The van der Waals surface area contributed by atoms with Crippen molar-refractivity contribution in [3.05, 3.63) is 101 Å². The van der Waals surface area contributed by atoms with E-state index in [0.717, 1.165) is 11.3 Å². The Hall–Kier alpha value is -2.84. The normalized spacial score (nSPS) is 14.0. The molecule has 0 amide bonds. The summed E-state index contributed by atoms with van der Waals surface area (Å²) < 4.78 is 38.4. The van der Waals surface area contributed by atoms with Gasteiger partial charge < -0.3 is 19.7 Å². The lowest BCUT2D eigenvalue weighted by Crippen LogP contribution is -2.40. The number of aliphatic hydroxyl groups is 2. The maximum atomic E-state index is 13.7. The molecule has 0 bridgehead atoms. The van der Waals surface area contributed by atoms with Crippen LogP contribution in [0.3, 0.4) is 0 Å². The van der Waals surface area contributed by atoms with Crippen molar-refractivity contribution in [2.24, 2.45) is 0 Å². The number of ether oxygens (including phenoxy) is 2. The molecule has 3 rings (SSSR count). The molecule has 3 atom stereocenters. The summed E-state index contributed by atoms with van der Waals surface area (Å²) in [4.78, 5) is 1.94. The molecule has 0 aliphatic rings. The van der Waals surface area contributed by atoms with E-state index in [1.807, 2.05) is 43.0 Å². The van der Waals surface area contributed by atoms with Crippen molar-refractivity contribution in [2.75, 3.05) is 32.9 Å². The number of halogens is 2. The predicted molar refractivity (Wildman–Crippen MR) is 136 cm³/mol. The minimum Gasteiger partial charge on any atom is -0.491 e. The molecular weight excluding hydrogens is 464 g/mol. The van der Waals surface area contributed by atoms with Gasteiger partial charge in [0, 0.05) is 25.7 Å². The van der Waals surface area contributed by atoms with Crippen LogP contribution in [0.1, 0.15) is 42.7 Å². The van der Waals surface area contributed by atoms with Crippen molar-refractivity contribution in [1.82, 2.24) is 4.90 Å². The van der Waals surface area contributed by atoms with Crippen molar-refractivity contribution in [3.8, 4) is 5.75 Å². The van der Waals surface area contributed by atoms with Gasteiger partial charge in [-0.2, -0.15) is 0 Å². The van der Waals surface area contributed by atoms with E-state index < -0.39 is 23.8 Å². The van der Waals surface area contributed by atoms with E-state index in [2.05, 4.69) is 0 Å². The zero-order valence-electron chi connectivity index (χ0n) is 20.8. The Morgan fingerprint density at radius 3 is 1.86 bits per heavy atom. The molecule has 0 aliphatic carbocycles. The second-order valence-electron chi connectivity index (χ2n) is 8.84. The van der Waals surface area contributed by atoms with Gasteiger partial charge in [-0.05, 0) is 73.4 Å². The first-order chi connectivity index (χ1) is 17.4. The fourth-order valence-electron chi connectivity index (χ4n) is 4.07. The van der Waals surface area contributed by atoms with Crippen LogP contribution in [0, 0.1) is 11.6 Å². The molecule has 0 unspecified atom stereocenters. The molecule has 2 N–H and O–H groups in total. The summed E-state index contributed by atoms with van der Waals surface area (Å²) in [6.07, 6.45) is -1.27. The maximum Gasteiger partial charge on any atom is 0.123 e. The molecule has 0 fully saturated rings.